The second-order valence-corrected chi connectivity index (χ2v) is 9.83. The number of aliphatic carboxylic acids is 1. The molecule has 1 aliphatic rings. The Kier molecular flexibility index (Phi) is 10.4. The number of ketones is 1. The minimum Gasteiger partial charge on any atom is -0.481 e. The monoisotopic (exact) mass is 545 g/mol. The van der Waals surface area contributed by atoms with Crippen molar-refractivity contribution in [2.75, 3.05) is 6.54 Å². The summed E-state index contributed by atoms with van der Waals surface area (Å²) in [5.41, 5.74) is 2.94. The molecule has 0 aliphatic carbocycles. The van der Waals surface area contributed by atoms with Gasteiger partial charge in [0.15, 0.2) is 5.78 Å². The van der Waals surface area contributed by atoms with E-state index in [4.69, 9.17) is 9.76 Å². The van der Waals surface area contributed by atoms with Gasteiger partial charge < -0.3 is 20.1 Å². The molecule has 1 saturated heterocycles. The standard InChI is InChI=1S/C28H32BN5O6/c35-25(13-21-8-10-26(14-27(36)37)40-29(21)39)16-33-28(38)20-7-9-24(32-15-20)19-34(17-22-5-1-3-11-30-22)18-23-6-2-4-12-31-23/h1-7,9,11-12,15,21,26,39H,8,10,13-14,16-19H2,(H,33,38)(H,36,37)/t21-,26+/m1/s1. The Morgan fingerprint density at radius 2 is 1.55 bits per heavy atom. The van der Waals surface area contributed by atoms with Crippen LogP contribution in [0.15, 0.2) is 67.1 Å². The summed E-state index contributed by atoms with van der Waals surface area (Å²) in [7, 11) is -1.20. The molecule has 2 atom stereocenters. The average molecular weight is 545 g/mol. The van der Waals surface area contributed by atoms with Crippen molar-refractivity contribution in [3.8, 4) is 0 Å². The third-order valence-electron chi connectivity index (χ3n) is 6.63. The number of carboxylic acids is 1. The van der Waals surface area contributed by atoms with Crippen LogP contribution in [-0.4, -0.2) is 67.4 Å². The second kappa shape index (κ2) is 14.4. The number of hydrogen-bond donors (Lipinski definition) is 3. The molecule has 3 aromatic heterocycles. The summed E-state index contributed by atoms with van der Waals surface area (Å²) in [6.45, 7) is 1.53. The fourth-order valence-corrected chi connectivity index (χ4v) is 4.60. The topological polar surface area (TPSA) is 155 Å². The lowest BCUT2D eigenvalue weighted by Gasteiger charge is -2.30. The van der Waals surface area contributed by atoms with Crippen molar-refractivity contribution in [1.29, 1.82) is 0 Å². The molecule has 3 aromatic rings. The molecule has 12 heteroatoms. The molecule has 0 unspecified atom stereocenters. The van der Waals surface area contributed by atoms with E-state index in [1.807, 2.05) is 36.4 Å². The Balaban J connectivity index is 1.27. The normalized spacial score (nSPS) is 17.0. The van der Waals surface area contributed by atoms with Crippen LogP contribution in [0.25, 0.3) is 0 Å². The number of carbonyl (C=O) groups is 3. The van der Waals surface area contributed by atoms with Gasteiger partial charge >= 0.3 is 13.1 Å². The smallest absolute Gasteiger partial charge is 0.458 e. The van der Waals surface area contributed by atoms with Crippen molar-refractivity contribution < 1.29 is 29.2 Å². The van der Waals surface area contributed by atoms with Gasteiger partial charge in [0, 0.05) is 50.5 Å². The summed E-state index contributed by atoms with van der Waals surface area (Å²) in [5, 5.41) is 21.6. The highest BCUT2D eigenvalue weighted by molar-refractivity contribution is 6.45. The fourth-order valence-electron chi connectivity index (χ4n) is 4.60. The Morgan fingerprint density at radius 1 is 0.900 bits per heavy atom. The van der Waals surface area contributed by atoms with Gasteiger partial charge in [-0.15, -0.1) is 0 Å². The van der Waals surface area contributed by atoms with Gasteiger partial charge in [0.2, 0.25) is 0 Å². The third kappa shape index (κ3) is 9.04. The van der Waals surface area contributed by atoms with Crippen LogP contribution in [0, 0.1) is 0 Å². The molecule has 1 aliphatic heterocycles. The highest BCUT2D eigenvalue weighted by Crippen LogP contribution is 2.30. The van der Waals surface area contributed by atoms with Crippen molar-refractivity contribution in [2.45, 2.75) is 57.2 Å². The molecular weight excluding hydrogens is 513 g/mol. The van der Waals surface area contributed by atoms with Gasteiger partial charge in [0.05, 0.1) is 41.7 Å². The lowest BCUT2D eigenvalue weighted by Crippen LogP contribution is -2.39. The van der Waals surface area contributed by atoms with E-state index in [2.05, 4.69) is 25.2 Å². The lowest BCUT2D eigenvalue weighted by molar-refractivity contribution is -0.139. The maximum atomic E-state index is 12.6. The first kappa shape index (κ1) is 29.0. The average Bonchev–Trinajstić information content (AvgIpc) is 2.94. The van der Waals surface area contributed by atoms with Crippen molar-refractivity contribution in [2.24, 2.45) is 0 Å². The lowest BCUT2D eigenvalue weighted by atomic mass is 9.64. The van der Waals surface area contributed by atoms with Gasteiger partial charge in [-0.2, -0.15) is 0 Å². The highest BCUT2D eigenvalue weighted by atomic mass is 16.5. The van der Waals surface area contributed by atoms with E-state index >= 15 is 0 Å². The van der Waals surface area contributed by atoms with Crippen LogP contribution in [-0.2, 0) is 33.9 Å². The summed E-state index contributed by atoms with van der Waals surface area (Å²) in [5.74, 6) is -2.10. The number of carboxylic acid groups (broad SMARTS) is 1. The van der Waals surface area contributed by atoms with Crippen LogP contribution in [0.3, 0.4) is 0 Å². The van der Waals surface area contributed by atoms with E-state index < -0.39 is 30.9 Å². The highest BCUT2D eigenvalue weighted by Gasteiger charge is 2.36. The van der Waals surface area contributed by atoms with Gasteiger partial charge in [-0.05, 0) is 49.2 Å². The van der Waals surface area contributed by atoms with E-state index in [0.717, 1.165) is 17.1 Å². The molecule has 11 nitrogen and oxygen atoms in total. The van der Waals surface area contributed by atoms with Gasteiger partial charge in [-0.3, -0.25) is 34.2 Å². The zero-order valence-electron chi connectivity index (χ0n) is 22.1. The number of aromatic nitrogens is 3. The molecule has 1 fully saturated rings. The van der Waals surface area contributed by atoms with Crippen molar-refractivity contribution >= 4 is 24.8 Å². The van der Waals surface area contributed by atoms with Gasteiger partial charge in [0.25, 0.3) is 5.91 Å². The SMILES string of the molecule is O=C(O)C[C@@H]1CC[C@H](CC(=O)CNC(=O)c2ccc(CN(Cc3ccccn3)Cc3ccccn3)nc2)B(O)O1. The van der Waals surface area contributed by atoms with Crippen LogP contribution in [0.1, 0.15) is 53.1 Å². The Hall–Kier alpha value is -4.00. The molecule has 208 valence electrons. The van der Waals surface area contributed by atoms with Gasteiger partial charge in [0.1, 0.15) is 0 Å². The number of carbonyl (C=O) groups excluding carboxylic acids is 2. The molecule has 4 heterocycles. The van der Waals surface area contributed by atoms with Crippen molar-refractivity contribution in [3.63, 3.8) is 0 Å². The largest absolute Gasteiger partial charge is 0.481 e. The summed E-state index contributed by atoms with van der Waals surface area (Å²) >= 11 is 0. The molecule has 0 spiro atoms. The number of amides is 1. The zero-order valence-corrected chi connectivity index (χ0v) is 22.1. The first-order valence-electron chi connectivity index (χ1n) is 13.2. The Labute approximate surface area is 232 Å². The molecule has 40 heavy (non-hydrogen) atoms. The molecule has 4 rings (SSSR count). The predicted molar refractivity (Wildman–Crippen MR) is 146 cm³/mol. The molecule has 1 amide bonds. The second-order valence-electron chi connectivity index (χ2n) is 9.83. The van der Waals surface area contributed by atoms with Crippen molar-refractivity contribution in [1.82, 2.24) is 25.2 Å². The van der Waals surface area contributed by atoms with E-state index in [1.54, 1.807) is 24.5 Å². The van der Waals surface area contributed by atoms with E-state index in [0.29, 0.717) is 38.0 Å². The van der Waals surface area contributed by atoms with Gasteiger partial charge in [-0.1, -0.05) is 12.1 Å². The first-order chi connectivity index (χ1) is 19.4. The van der Waals surface area contributed by atoms with Crippen LogP contribution in [0.4, 0.5) is 0 Å². The minimum absolute atomic E-state index is 0.0286. The number of nitrogens with zero attached hydrogens (tertiary/aromatic N) is 4. The molecule has 0 bridgehead atoms. The summed E-state index contributed by atoms with van der Waals surface area (Å²) in [4.78, 5) is 51.3. The molecular formula is C28H32BN5O6. The molecule has 0 saturated carbocycles. The fraction of sp³-hybridized carbons (Fsp3) is 0.357. The van der Waals surface area contributed by atoms with Crippen LogP contribution < -0.4 is 5.32 Å². The van der Waals surface area contributed by atoms with Crippen LogP contribution >= 0.6 is 0 Å². The van der Waals surface area contributed by atoms with E-state index in [9.17, 15) is 19.4 Å². The van der Waals surface area contributed by atoms with Crippen LogP contribution in [0.5, 0.6) is 0 Å². The minimum atomic E-state index is -1.20. The number of nitrogens with one attached hydrogen (secondary N) is 1. The quantitative estimate of drug-likeness (QED) is 0.273. The number of hydrogen-bond acceptors (Lipinski definition) is 9. The maximum absolute atomic E-state index is 12.6. The van der Waals surface area contributed by atoms with Crippen molar-refractivity contribution in [3.05, 3.63) is 89.8 Å². The number of rotatable bonds is 13. The summed E-state index contributed by atoms with van der Waals surface area (Å²) < 4.78 is 5.33. The number of pyridine rings is 3. The molecule has 3 N–H and O–H groups in total. The predicted octanol–water partition coefficient (Wildman–Crippen LogP) is 2.27. The molecule has 0 radical (unpaired) electrons. The Morgan fingerprint density at radius 3 is 2.08 bits per heavy atom. The number of Topliss-reactive ketones (excluding diaryl/α,β-unsaturated/α-hetero) is 1. The first-order valence-corrected chi connectivity index (χ1v) is 13.2. The van der Waals surface area contributed by atoms with E-state index in [-0.39, 0.29) is 25.2 Å². The van der Waals surface area contributed by atoms with Gasteiger partial charge in [-0.25, -0.2) is 0 Å². The van der Waals surface area contributed by atoms with E-state index in [1.165, 1.54) is 6.20 Å². The van der Waals surface area contributed by atoms with Crippen LogP contribution in [0.2, 0.25) is 5.82 Å². The Bertz CT molecular complexity index is 1220. The maximum Gasteiger partial charge on any atom is 0.458 e. The third-order valence-corrected chi connectivity index (χ3v) is 6.63. The molecule has 0 aromatic carbocycles. The zero-order chi connectivity index (χ0) is 28.3. The summed E-state index contributed by atoms with van der Waals surface area (Å²) in [6.07, 6.45) is 5.20. The summed E-state index contributed by atoms with van der Waals surface area (Å²) in [6, 6.07) is 15.0.